The minimum absolute atomic E-state index is 0.199. The van der Waals surface area contributed by atoms with Crippen molar-refractivity contribution < 1.29 is 19.0 Å². The summed E-state index contributed by atoms with van der Waals surface area (Å²) in [6.45, 7) is 8.02. The molecule has 0 spiro atoms. The zero-order valence-electron chi connectivity index (χ0n) is 22.1. The second-order valence-electron chi connectivity index (χ2n) is 8.71. The number of halogens is 3. The quantitative estimate of drug-likeness (QED) is 0.176. The minimum atomic E-state index is -0.778. The van der Waals surface area contributed by atoms with Crippen LogP contribution in [-0.4, -0.2) is 30.9 Å². The molecule has 0 amide bonds. The summed E-state index contributed by atoms with van der Waals surface area (Å²) in [4.78, 5) is 32.8. The maximum atomic E-state index is 14.1. The number of esters is 1. The van der Waals surface area contributed by atoms with Crippen LogP contribution in [0.1, 0.15) is 43.9 Å². The predicted molar refractivity (Wildman–Crippen MR) is 168 cm³/mol. The molecule has 3 aromatic rings. The van der Waals surface area contributed by atoms with Crippen LogP contribution in [0.4, 0.5) is 0 Å². The van der Waals surface area contributed by atoms with E-state index < -0.39 is 12.0 Å². The van der Waals surface area contributed by atoms with Crippen molar-refractivity contribution in [3.05, 3.63) is 98.5 Å². The Balaban J connectivity index is 1.99. The van der Waals surface area contributed by atoms with Crippen LogP contribution < -0.4 is 24.4 Å². The van der Waals surface area contributed by atoms with Gasteiger partial charge in [-0.15, -0.1) is 0 Å². The average Bonchev–Trinajstić information content (AvgIpc) is 3.22. The van der Waals surface area contributed by atoms with Gasteiger partial charge in [0.25, 0.3) is 5.56 Å². The van der Waals surface area contributed by atoms with Crippen LogP contribution in [0.3, 0.4) is 0 Å². The Morgan fingerprint density at radius 3 is 2.52 bits per heavy atom. The lowest BCUT2D eigenvalue weighted by molar-refractivity contribution is -0.139. The molecule has 40 heavy (non-hydrogen) atoms. The van der Waals surface area contributed by atoms with E-state index in [0.29, 0.717) is 50.7 Å². The monoisotopic (exact) mass is 752 g/mol. The van der Waals surface area contributed by atoms with Gasteiger partial charge >= 0.3 is 5.97 Å². The lowest BCUT2D eigenvalue weighted by atomic mass is 9.93. The first-order chi connectivity index (χ1) is 19.2. The molecule has 2 heterocycles. The van der Waals surface area contributed by atoms with Crippen LogP contribution in [-0.2, 0) is 9.53 Å². The Labute approximate surface area is 261 Å². The van der Waals surface area contributed by atoms with Crippen molar-refractivity contribution in [1.82, 2.24) is 4.57 Å². The molecule has 0 saturated carbocycles. The molecule has 0 fully saturated rings. The number of fused-ring (bicyclic) bond motifs is 1. The van der Waals surface area contributed by atoms with Crippen molar-refractivity contribution in [2.45, 2.75) is 32.7 Å². The highest BCUT2D eigenvalue weighted by Gasteiger charge is 2.36. The zero-order valence-corrected chi connectivity index (χ0v) is 27.7. The predicted octanol–water partition coefficient (Wildman–Crippen LogP) is 6.44. The van der Waals surface area contributed by atoms with E-state index in [2.05, 4.69) is 54.4 Å². The van der Waals surface area contributed by atoms with Crippen LogP contribution in [0.2, 0.25) is 0 Å². The third-order valence-electron chi connectivity index (χ3n) is 6.04. The molecule has 2 aromatic carbocycles. The molecule has 0 N–H and O–H groups in total. The van der Waals surface area contributed by atoms with Crippen LogP contribution in [0.25, 0.3) is 6.08 Å². The van der Waals surface area contributed by atoms with Gasteiger partial charge in [0.15, 0.2) is 4.80 Å². The molecule has 1 aliphatic heterocycles. The topological polar surface area (TPSA) is 79.1 Å². The number of hydrogen-bond acceptors (Lipinski definition) is 7. The van der Waals surface area contributed by atoms with E-state index in [9.17, 15) is 9.59 Å². The average molecular weight is 755 g/mol. The van der Waals surface area contributed by atoms with Gasteiger partial charge in [0.2, 0.25) is 0 Å². The molecule has 0 saturated heterocycles. The number of nitrogens with zero attached hydrogens (tertiary/aromatic N) is 2. The number of carbonyl (C=O) groups excluding carboxylic acids is 1. The van der Waals surface area contributed by atoms with Gasteiger partial charge in [-0.25, -0.2) is 9.79 Å². The van der Waals surface area contributed by atoms with E-state index in [1.165, 1.54) is 11.3 Å². The summed E-state index contributed by atoms with van der Waals surface area (Å²) in [6.07, 6.45) is 4.79. The lowest BCUT2D eigenvalue weighted by Gasteiger charge is -2.27. The fraction of sp³-hybridized carbons (Fsp3) is 0.276. The molecule has 0 bridgehead atoms. The summed E-state index contributed by atoms with van der Waals surface area (Å²) in [6, 6.07) is 8.50. The SMILES string of the molecule is C=CCOc1c(Br)cc(/C=c2/sc3n(c2=O)[C@@H](c2cc(Br)ccc2OC)C(C(=O)OCC)=C(CCC)N=3)cc1Br. The van der Waals surface area contributed by atoms with Gasteiger partial charge in [-0.05, 0) is 87.2 Å². The normalized spacial score (nSPS) is 14.9. The Kier molecular flexibility index (Phi) is 10.3. The Morgan fingerprint density at radius 1 is 1.18 bits per heavy atom. The van der Waals surface area contributed by atoms with E-state index in [-0.39, 0.29) is 12.2 Å². The van der Waals surface area contributed by atoms with Crippen molar-refractivity contribution in [2.24, 2.45) is 4.99 Å². The van der Waals surface area contributed by atoms with Crippen LogP contribution >= 0.6 is 59.1 Å². The maximum absolute atomic E-state index is 14.1. The van der Waals surface area contributed by atoms with Gasteiger partial charge in [0.1, 0.15) is 24.1 Å². The number of aromatic nitrogens is 1. The molecule has 1 aliphatic rings. The van der Waals surface area contributed by atoms with E-state index >= 15 is 0 Å². The molecule has 11 heteroatoms. The standard InChI is InChI=1S/C29H27Br3N2O5S/c1-5-8-21-24(28(36)38-7-3)25(18-15-17(30)9-10-22(18)37-4)34-27(35)23(40-29(34)33-21)14-16-12-19(31)26(20(32)13-16)39-11-6-2/h6,9-10,12-15,25H,2,5,7-8,11H2,1,3-4H3/b23-14+/t25-/m0/s1. The highest BCUT2D eigenvalue weighted by atomic mass is 79.9. The number of thiazole rings is 1. The van der Waals surface area contributed by atoms with Crippen molar-refractivity contribution in [3.63, 3.8) is 0 Å². The number of ether oxygens (including phenoxy) is 3. The third-order valence-corrected chi connectivity index (χ3v) is 8.70. The summed E-state index contributed by atoms with van der Waals surface area (Å²) >= 11 is 11.9. The molecule has 7 nitrogen and oxygen atoms in total. The summed E-state index contributed by atoms with van der Waals surface area (Å²) < 4.78 is 21.2. The number of rotatable bonds is 10. The maximum Gasteiger partial charge on any atom is 0.338 e. The van der Waals surface area contributed by atoms with Crippen LogP contribution in [0.15, 0.2) is 77.5 Å². The lowest BCUT2D eigenvalue weighted by Crippen LogP contribution is -2.40. The number of benzene rings is 2. The Morgan fingerprint density at radius 2 is 1.90 bits per heavy atom. The second-order valence-corrected chi connectivity index (χ2v) is 12.3. The minimum Gasteiger partial charge on any atom is -0.496 e. The van der Waals surface area contributed by atoms with Gasteiger partial charge in [-0.1, -0.05) is 53.3 Å². The summed E-state index contributed by atoms with van der Waals surface area (Å²) in [5.41, 5.74) is 2.12. The van der Waals surface area contributed by atoms with Crippen LogP contribution in [0, 0.1) is 0 Å². The molecule has 0 aliphatic carbocycles. The first kappa shape index (κ1) is 30.5. The van der Waals surface area contributed by atoms with E-state index in [4.69, 9.17) is 19.2 Å². The molecule has 1 aromatic heterocycles. The number of methoxy groups -OCH3 is 1. The molecule has 4 rings (SSSR count). The van der Waals surface area contributed by atoms with E-state index in [0.717, 1.165) is 25.4 Å². The zero-order chi connectivity index (χ0) is 29.0. The summed E-state index contributed by atoms with van der Waals surface area (Å²) in [5, 5.41) is 0. The fourth-order valence-electron chi connectivity index (χ4n) is 4.43. The van der Waals surface area contributed by atoms with Gasteiger partial charge in [0, 0.05) is 10.0 Å². The van der Waals surface area contributed by atoms with Crippen molar-refractivity contribution in [3.8, 4) is 11.5 Å². The summed E-state index contributed by atoms with van der Waals surface area (Å²) in [7, 11) is 1.56. The van der Waals surface area contributed by atoms with Crippen LogP contribution in [0.5, 0.6) is 11.5 Å². The Bertz CT molecular complexity index is 1650. The highest BCUT2D eigenvalue weighted by molar-refractivity contribution is 9.11. The number of allylic oxidation sites excluding steroid dienone is 1. The smallest absolute Gasteiger partial charge is 0.338 e. The molecule has 0 unspecified atom stereocenters. The molecular formula is C29H27Br3N2O5S. The van der Waals surface area contributed by atoms with Crippen molar-refractivity contribution >= 4 is 71.2 Å². The van der Waals surface area contributed by atoms with Crippen molar-refractivity contribution in [2.75, 3.05) is 20.3 Å². The molecule has 210 valence electrons. The Hall–Kier alpha value is -2.47. The van der Waals surface area contributed by atoms with Gasteiger partial charge in [-0.2, -0.15) is 0 Å². The molecular weight excluding hydrogens is 728 g/mol. The fourth-order valence-corrected chi connectivity index (χ4v) is 7.28. The van der Waals surface area contributed by atoms with Crippen molar-refractivity contribution in [1.29, 1.82) is 0 Å². The molecule has 1 atom stereocenters. The van der Waals surface area contributed by atoms with Gasteiger partial charge in [-0.3, -0.25) is 9.36 Å². The number of hydrogen-bond donors (Lipinski definition) is 0. The third kappa shape index (κ3) is 6.22. The van der Waals surface area contributed by atoms with Gasteiger partial charge in [0.05, 0.1) is 38.5 Å². The highest BCUT2D eigenvalue weighted by Crippen LogP contribution is 2.38. The molecule has 0 radical (unpaired) electrons. The van der Waals surface area contributed by atoms with E-state index in [1.54, 1.807) is 30.8 Å². The van der Waals surface area contributed by atoms with E-state index in [1.807, 2.05) is 37.3 Å². The summed E-state index contributed by atoms with van der Waals surface area (Å²) in [5.74, 6) is 0.688. The first-order valence-electron chi connectivity index (χ1n) is 12.5. The second kappa shape index (κ2) is 13.5. The number of carbonyl (C=O) groups is 1. The largest absolute Gasteiger partial charge is 0.496 e. The van der Waals surface area contributed by atoms with Gasteiger partial charge < -0.3 is 14.2 Å². The first-order valence-corrected chi connectivity index (χ1v) is 15.7.